The molecule has 1 N–H and O–H groups in total. The molecule has 110 valence electrons. The van der Waals surface area contributed by atoms with Crippen LogP contribution in [0.1, 0.15) is 44.1 Å². The van der Waals surface area contributed by atoms with E-state index in [1.165, 1.54) is 5.56 Å². The molecule has 21 heavy (non-hydrogen) atoms. The van der Waals surface area contributed by atoms with Crippen LogP contribution in [-0.4, -0.2) is 31.3 Å². The summed E-state index contributed by atoms with van der Waals surface area (Å²) < 4.78 is 1.68. The Morgan fingerprint density at radius 3 is 2.52 bits per heavy atom. The first-order valence-electron chi connectivity index (χ1n) is 7.13. The first-order valence-corrected chi connectivity index (χ1v) is 7.13. The number of aliphatic carboxylic acids is 1. The average molecular weight is 286 g/mol. The Hall–Kier alpha value is -2.24. The molecule has 1 aromatic carbocycles. The molecule has 6 nitrogen and oxygen atoms in total. The van der Waals surface area contributed by atoms with Gasteiger partial charge in [-0.15, -0.1) is 5.10 Å². The van der Waals surface area contributed by atoms with Gasteiger partial charge < -0.3 is 5.11 Å². The first kappa shape index (κ1) is 13.7. The van der Waals surface area contributed by atoms with Gasteiger partial charge in [-0.1, -0.05) is 30.3 Å². The zero-order valence-corrected chi connectivity index (χ0v) is 12.1. The molecule has 0 saturated heterocycles. The van der Waals surface area contributed by atoms with E-state index in [0.29, 0.717) is 0 Å². The molecule has 0 radical (unpaired) electrons. The number of tetrazole rings is 1. The molecular formula is C15H18N4O2. The maximum atomic E-state index is 11.2. The molecule has 2 atom stereocenters. The molecule has 6 heteroatoms. The lowest BCUT2D eigenvalue weighted by molar-refractivity contribution is -0.142. The molecule has 1 aromatic heterocycles. The smallest absolute Gasteiger partial charge is 0.308 e. The molecule has 0 spiro atoms. The van der Waals surface area contributed by atoms with Crippen LogP contribution in [0, 0.1) is 5.92 Å². The van der Waals surface area contributed by atoms with E-state index in [0.717, 1.165) is 18.7 Å². The van der Waals surface area contributed by atoms with Crippen molar-refractivity contribution in [3.63, 3.8) is 0 Å². The largest absolute Gasteiger partial charge is 0.481 e. The normalized spacial score (nSPS) is 19.0. The fourth-order valence-electron chi connectivity index (χ4n) is 2.72. The number of aromatic nitrogens is 4. The van der Waals surface area contributed by atoms with Crippen molar-refractivity contribution in [2.75, 3.05) is 0 Å². The minimum absolute atomic E-state index is 0.156. The van der Waals surface area contributed by atoms with E-state index < -0.39 is 11.9 Å². The van der Waals surface area contributed by atoms with Gasteiger partial charge in [0.2, 0.25) is 0 Å². The summed E-state index contributed by atoms with van der Waals surface area (Å²) in [5, 5.41) is 21.2. The van der Waals surface area contributed by atoms with Crippen molar-refractivity contribution in [3.05, 3.63) is 41.7 Å². The topological polar surface area (TPSA) is 80.9 Å². The molecular weight excluding hydrogens is 268 g/mol. The predicted octanol–water partition coefficient (Wildman–Crippen LogP) is 2.03. The van der Waals surface area contributed by atoms with Crippen LogP contribution in [0.3, 0.4) is 0 Å². The zero-order valence-electron chi connectivity index (χ0n) is 12.1. The third-order valence-electron chi connectivity index (χ3n) is 4.50. The van der Waals surface area contributed by atoms with Crippen LogP contribution in [0.2, 0.25) is 0 Å². The van der Waals surface area contributed by atoms with Crippen LogP contribution in [0.25, 0.3) is 0 Å². The molecule has 0 amide bonds. The standard InChI is InChI=1S/C15H18N4O2/c1-10(13(20)21)11(2)19-14(16-17-18-19)15(8-9-15)12-6-4-3-5-7-12/h3-7,10-11H,8-9H2,1-2H3,(H,20,21). The highest BCUT2D eigenvalue weighted by atomic mass is 16.4. The van der Waals surface area contributed by atoms with E-state index in [1.54, 1.807) is 11.6 Å². The van der Waals surface area contributed by atoms with Crippen molar-refractivity contribution in [1.82, 2.24) is 20.2 Å². The first-order chi connectivity index (χ1) is 10.1. The van der Waals surface area contributed by atoms with Crippen molar-refractivity contribution in [3.8, 4) is 0 Å². The van der Waals surface area contributed by atoms with Gasteiger partial charge in [0.1, 0.15) is 0 Å². The Labute approximate surface area is 122 Å². The Morgan fingerprint density at radius 2 is 1.95 bits per heavy atom. The number of rotatable bonds is 5. The van der Waals surface area contributed by atoms with Gasteiger partial charge in [0.05, 0.1) is 17.4 Å². The Kier molecular flexibility index (Phi) is 3.23. The van der Waals surface area contributed by atoms with E-state index in [9.17, 15) is 9.90 Å². The number of carboxylic acid groups (broad SMARTS) is 1. The predicted molar refractivity (Wildman–Crippen MR) is 75.8 cm³/mol. The fourth-order valence-corrected chi connectivity index (χ4v) is 2.72. The second-order valence-corrected chi connectivity index (χ2v) is 5.76. The van der Waals surface area contributed by atoms with Crippen LogP contribution < -0.4 is 0 Å². The number of hydrogen-bond acceptors (Lipinski definition) is 4. The highest BCUT2D eigenvalue weighted by molar-refractivity contribution is 5.70. The lowest BCUT2D eigenvalue weighted by atomic mass is 9.94. The molecule has 0 aliphatic heterocycles. The van der Waals surface area contributed by atoms with Crippen LogP contribution in [0.4, 0.5) is 0 Å². The third-order valence-corrected chi connectivity index (χ3v) is 4.50. The van der Waals surface area contributed by atoms with Gasteiger partial charge in [0.25, 0.3) is 0 Å². The number of benzene rings is 1. The zero-order chi connectivity index (χ0) is 15.0. The van der Waals surface area contributed by atoms with Crippen LogP contribution in [0.5, 0.6) is 0 Å². The summed E-state index contributed by atoms with van der Waals surface area (Å²) in [6.45, 7) is 3.53. The van der Waals surface area contributed by atoms with E-state index >= 15 is 0 Å². The van der Waals surface area contributed by atoms with E-state index in [4.69, 9.17) is 0 Å². The second-order valence-electron chi connectivity index (χ2n) is 5.76. The molecule has 2 unspecified atom stereocenters. The Balaban J connectivity index is 1.99. The van der Waals surface area contributed by atoms with Gasteiger partial charge in [-0.3, -0.25) is 4.79 Å². The van der Waals surface area contributed by atoms with Crippen LogP contribution in [0.15, 0.2) is 30.3 Å². The maximum absolute atomic E-state index is 11.2. The minimum Gasteiger partial charge on any atom is -0.481 e. The van der Waals surface area contributed by atoms with Gasteiger partial charge in [-0.25, -0.2) is 4.68 Å². The third kappa shape index (κ3) is 2.20. The number of nitrogens with zero attached hydrogens (tertiary/aromatic N) is 4. The summed E-state index contributed by atoms with van der Waals surface area (Å²) in [6.07, 6.45) is 1.98. The molecule has 1 heterocycles. The lowest BCUT2D eigenvalue weighted by Crippen LogP contribution is -2.27. The van der Waals surface area contributed by atoms with Crippen molar-refractivity contribution in [2.45, 2.75) is 38.1 Å². The van der Waals surface area contributed by atoms with Crippen molar-refractivity contribution < 1.29 is 9.90 Å². The van der Waals surface area contributed by atoms with Crippen molar-refractivity contribution >= 4 is 5.97 Å². The number of carbonyl (C=O) groups is 1. The highest BCUT2D eigenvalue weighted by Gasteiger charge is 2.50. The summed E-state index contributed by atoms with van der Waals surface area (Å²) >= 11 is 0. The summed E-state index contributed by atoms with van der Waals surface area (Å²) in [7, 11) is 0. The number of carboxylic acids is 1. The second kappa shape index (κ2) is 4.95. The van der Waals surface area contributed by atoms with Crippen LogP contribution in [-0.2, 0) is 10.2 Å². The summed E-state index contributed by atoms with van der Waals surface area (Å²) in [5.74, 6) is -0.610. The molecule has 2 aromatic rings. The molecule has 1 aliphatic rings. The number of hydrogen-bond donors (Lipinski definition) is 1. The van der Waals surface area contributed by atoms with E-state index in [-0.39, 0.29) is 11.5 Å². The monoisotopic (exact) mass is 286 g/mol. The van der Waals surface area contributed by atoms with E-state index in [1.807, 2.05) is 25.1 Å². The Morgan fingerprint density at radius 1 is 1.29 bits per heavy atom. The minimum atomic E-state index is -0.839. The fraction of sp³-hybridized carbons (Fsp3) is 0.467. The SMILES string of the molecule is CC(C(=O)O)C(C)n1nnnc1C1(c2ccccc2)CC1. The van der Waals surface area contributed by atoms with Gasteiger partial charge in [0.15, 0.2) is 5.82 Å². The van der Waals surface area contributed by atoms with Gasteiger partial charge in [-0.2, -0.15) is 0 Å². The summed E-state index contributed by atoms with van der Waals surface area (Å²) in [5.41, 5.74) is 1.04. The molecule has 3 rings (SSSR count). The molecule has 1 saturated carbocycles. The van der Waals surface area contributed by atoms with Gasteiger partial charge >= 0.3 is 5.97 Å². The van der Waals surface area contributed by atoms with Crippen molar-refractivity contribution in [1.29, 1.82) is 0 Å². The average Bonchev–Trinajstić information content (AvgIpc) is 3.16. The molecule has 1 aliphatic carbocycles. The van der Waals surface area contributed by atoms with Gasteiger partial charge in [-0.05, 0) is 42.7 Å². The Bertz CT molecular complexity index is 649. The highest BCUT2D eigenvalue weighted by Crippen LogP contribution is 2.52. The van der Waals surface area contributed by atoms with Crippen molar-refractivity contribution in [2.24, 2.45) is 5.92 Å². The summed E-state index contributed by atoms with van der Waals surface area (Å²) in [4.78, 5) is 11.2. The lowest BCUT2D eigenvalue weighted by Gasteiger charge is -2.21. The summed E-state index contributed by atoms with van der Waals surface area (Å²) in [6, 6.07) is 9.88. The quantitative estimate of drug-likeness (QED) is 0.909. The maximum Gasteiger partial charge on any atom is 0.308 e. The molecule has 1 fully saturated rings. The van der Waals surface area contributed by atoms with Gasteiger partial charge in [0, 0.05) is 0 Å². The molecule has 0 bridgehead atoms. The van der Waals surface area contributed by atoms with Crippen LogP contribution >= 0.6 is 0 Å². The van der Waals surface area contributed by atoms with E-state index in [2.05, 4.69) is 27.7 Å².